The summed E-state index contributed by atoms with van der Waals surface area (Å²) in [7, 11) is 0. The molecule has 7 nitrogen and oxygen atoms in total. The van der Waals surface area contributed by atoms with E-state index in [0.717, 1.165) is 48.3 Å². The maximum absolute atomic E-state index is 12.8. The van der Waals surface area contributed by atoms with Gasteiger partial charge in [0.2, 0.25) is 5.91 Å². The highest BCUT2D eigenvalue weighted by molar-refractivity contribution is 9.10. The molecule has 1 aliphatic rings. The van der Waals surface area contributed by atoms with Crippen LogP contribution in [-0.4, -0.2) is 50.1 Å². The van der Waals surface area contributed by atoms with E-state index in [-0.39, 0.29) is 11.7 Å². The van der Waals surface area contributed by atoms with Gasteiger partial charge in [-0.05, 0) is 69.2 Å². The second-order valence-corrected chi connectivity index (χ2v) is 9.94. The summed E-state index contributed by atoms with van der Waals surface area (Å²) in [5.41, 5.74) is 3.10. The van der Waals surface area contributed by atoms with E-state index in [0.29, 0.717) is 29.2 Å². The van der Waals surface area contributed by atoms with Crippen molar-refractivity contribution in [2.24, 2.45) is 5.92 Å². The second kappa shape index (κ2) is 9.52. The van der Waals surface area contributed by atoms with E-state index in [2.05, 4.69) is 26.3 Å². The number of thiophene rings is 1. The van der Waals surface area contributed by atoms with Crippen molar-refractivity contribution in [3.63, 3.8) is 0 Å². The number of aromatic nitrogens is 3. The zero-order valence-electron chi connectivity index (χ0n) is 17.9. The van der Waals surface area contributed by atoms with E-state index in [1.807, 2.05) is 39.9 Å². The van der Waals surface area contributed by atoms with Gasteiger partial charge >= 0.3 is 0 Å². The monoisotopic (exact) mass is 525 g/mol. The summed E-state index contributed by atoms with van der Waals surface area (Å²) in [5.74, 6) is 1.52. The topological polar surface area (TPSA) is 82.8 Å². The maximum Gasteiger partial charge on any atom is 0.227 e. The molecular weight excluding hydrogens is 502 g/mol. The Morgan fingerprint density at radius 1 is 1.30 bits per heavy atom. The summed E-state index contributed by atoms with van der Waals surface area (Å²) in [6.45, 7) is 2.29. The Hall–Kier alpha value is -2.91. The second-order valence-electron chi connectivity index (χ2n) is 8.31. The number of phenolic OH excluding ortho intramolecular Hbond substituents is 1. The molecule has 9 heteroatoms. The number of hydrogen-bond acceptors (Lipinski definition) is 6. The van der Waals surface area contributed by atoms with Crippen LogP contribution in [0.15, 0.2) is 57.8 Å². The largest absolute Gasteiger partial charge is 0.507 e. The number of phenols is 1. The first-order valence-electron chi connectivity index (χ1n) is 10.9. The first-order valence-corrected chi connectivity index (χ1v) is 12.7. The SMILES string of the molecule is O=C(Cc1ccsc1)N1CCCC(CNc2cc(-c3ccccc3O)nc3c(Br)cnn23)C1. The fourth-order valence-electron chi connectivity index (χ4n) is 4.28. The van der Waals surface area contributed by atoms with Gasteiger partial charge in [-0.3, -0.25) is 4.79 Å². The number of halogens is 1. The Kier molecular flexibility index (Phi) is 6.32. The van der Waals surface area contributed by atoms with Crippen LogP contribution in [0, 0.1) is 5.92 Å². The minimum Gasteiger partial charge on any atom is -0.507 e. The number of likely N-dealkylation sites (tertiary alicyclic amines) is 1. The molecule has 1 unspecified atom stereocenters. The summed E-state index contributed by atoms with van der Waals surface area (Å²) in [6, 6.07) is 11.1. The van der Waals surface area contributed by atoms with Crippen molar-refractivity contribution in [3.05, 3.63) is 63.4 Å². The van der Waals surface area contributed by atoms with Crippen LogP contribution in [0.25, 0.3) is 16.9 Å². The molecule has 0 bridgehead atoms. The molecule has 0 saturated carbocycles. The number of aromatic hydroxyl groups is 1. The van der Waals surface area contributed by atoms with Gasteiger partial charge in [0.25, 0.3) is 0 Å². The normalized spacial score (nSPS) is 16.3. The van der Waals surface area contributed by atoms with Gasteiger partial charge < -0.3 is 15.3 Å². The van der Waals surface area contributed by atoms with E-state index in [1.54, 1.807) is 34.2 Å². The third-order valence-corrected chi connectivity index (χ3v) is 7.28. The molecule has 2 N–H and O–H groups in total. The van der Waals surface area contributed by atoms with Crippen LogP contribution in [0.3, 0.4) is 0 Å². The number of carbonyl (C=O) groups is 1. The minimum atomic E-state index is 0.183. The first kappa shape index (κ1) is 21.9. The van der Waals surface area contributed by atoms with Gasteiger partial charge in [-0.15, -0.1) is 0 Å². The quantitative estimate of drug-likeness (QED) is 0.377. The lowest BCUT2D eigenvalue weighted by molar-refractivity contribution is -0.132. The summed E-state index contributed by atoms with van der Waals surface area (Å²) in [4.78, 5) is 19.4. The van der Waals surface area contributed by atoms with E-state index in [4.69, 9.17) is 4.98 Å². The van der Waals surface area contributed by atoms with Crippen molar-refractivity contribution in [2.75, 3.05) is 25.0 Å². The number of benzene rings is 1. The number of nitrogens with one attached hydrogen (secondary N) is 1. The number of piperidine rings is 1. The number of anilines is 1. The number of fused-ring (bicyclic) bond motifs is 1. The molecule has 4 heterocycles. The minimum absolute atomic E-state index is 0.183. The molecule has 1 amide bonds. The third kappa shape index (κ3) is 4.74. The van der Waals surface area contributed by atoms with E-state index < -0.39 is 0 Å². The third-order valence-electron chi connectivity index (χ3n) is 5.99. The van der Waals surface area contributed by atoms with Crippen LogP contribution in [0.4, 0.5) is 5.82 Å². The molecule has 1 saturated heterocycles. The van der Waals surface area contributed by atoms with Crippen molar-refractivity contribution >= 4 is 44.6 Å². The Morgan fingerprint density at radius 2 is 2.18 bits per heavy atom. The van der Waals surface area contributed by atoms with Gasteiger partial charge in [0.1, 0.15) is 11.6 Å². The summed E-state index contributed by atoms with van der Waals surface area (Å²) in [6.07, 6.45) is 4.26. The fraction of sp³-hybridized carbons (Fsp3) is 0.292. The highest BCUT2D eigenvalue weighted by Crippen LogP contribution is 2.31. The predicted octanol–water partition coefficient (Wildman–Crippen LogP) is 4.82. The highest BCUT2D eigenvalue weighted by Gasteiger charge is 2.24. The highest BCUT2D eigenvalue weighted by atomic mass is 79.9. The van der Waals surface area contributed by atoms with Crippen LogP contribution < -0.4 is 5.32 Å². The molecule has 170 valence electrons. The van der Waals surface area contributed by atoms with E-state index in [9.17, 15) is 9.90 Å². The molecule has 1 atom stereocenters. The molecule has 5 rings (SSSR count). The molecule has 1 fully saturated rings. The van der Waals surface area contributed by atoms with Gasteiger partial charge in [0.15, 0.2) is 5.65 Å². The molecule has 1 aromatic carbocycles. The summed E-state index contributed by atoms with van der Waals surface area (Å²) >= 11 is 5.15. The number of nitrogens with zero attached hydrogens (tertiary/aromatic N) is 4. The number of amides is 1. The predicted molar refractivity (Wildman–Crippen MR) is 134 cm³/mol. The van der Waals surface area contributed by atoms with E-state index in [1.165, 1.54) is 0 Å². The van der Waals surface area contributed by atoms with Crippen LogP contribution >= 0.6 is 27.3 Å². The van der Waals surface area contributed by atoms with Gasteiger partial charge in [0, 0.05) is 31.3 Å². The molecular formula is C24H24BrN5O2S. The Balaban J connectivity index is 1.33. The van der Waals surface area contributed by atoms with Crippen molar-refractivity contribution in [2.45, 2.75) is 19.3 Å². The van der Waals surface area contributed by atoms with Crippen LogP contribution in [0.1, 0.15) is 18.4 Å². The first-order chi connectivity index (χ1) is 16.1. The molecule has 0 aliphatic carbocycles. The smallest absolute Gasteiger partial charge is 0.227 e. The van der Waals surface area contributed by atoms with Gasteiger partial charge in [-0.25, -0.2) is 4.98 Å². The molecule has 33 heavy (non-hydrogen) atoms. The lowest BCUT2D eigenvalue weighted by atomic mass is 9.97. The van der Waals surface area contributed by atoms with Crippen molar-refractivity contribution in [3.8, 4) is 17.0 Å². The van der Waals surface area contributed by atoms with Crippen molar-refractivity contribution in [1.82, 2.24) is 19.5 Å². The van der Waals surface area contributed by atoms with Gasteiger partial charge in [-0.1, -0.05) is 12.1 Å². The van der Waals surface area contributed by atoms with Crippen molar-refractivity contribution in [1.29, 1.82) is 0 Å². The van der Waals surface area contributed by atoms with Crippen LogP contribution in [0.5, 0.6) is 5.75 Å². The molecule has 4 aromatic rings. The Labute approximate surface area is 204 Å². The summed E-state index contributed by atoms with van der Waals surface area (Å²) < 4.78 is 2.54. The lowest BCUT2D eigenvalue weighted by Gasteiger charge is -2.33. The number of para-hydroxylation sites is 1. The molecule has 1 aliphatic heterocycles. The van der Waals surface area contributed by atoms with Crippen LogP contribution in [-0.2, 0) is 11.2 Å². The number of carbonyl (C=O) groups excluding carboxylic acids is 1. The average Bonchev–Trinajstić information content (AvgIpc) is 3.48. The number of hydrogen-bond donors (Lipinski definition) is 2. The Bertz CT molecular complexity index is 1270. The molecule has 3 aromatic heterocycles. The zero-order chi connectivity index (χ0) is 22.8. The van der Waals surface area contributed by atoms with Gasteiger partial charge in [0.05, 0.1) is 22.8 Å². The number of rotatable bonds is 6. The van der Waals surface area contributed by atoms with Gasteiger partial charge in [-0.2, -0.15) is 21.0 Å². The Morgan fingerprint density at radius 3 is 3.00 bits per heavy atom. The summed E-state index contributed by atoms with van der Waals surface area (Å²) in [5, 5.41) is 22.3. The maximum atomic E-state index is 12.8. The lowest BCUT2D eigenvalue weighted by Crippen LogP contribution is -2.42. The fourth-order valence-corrected chi connectivity index (χ4v) is 5.29. The molecule has 0 radical (unpaired) electrons. The van der Waals surface area contributed by atoms with Crippen LogP contribution in [0.2, 0.25) is 0 Å². The average molecular weight is 526 g/mol. The van der Waals surface area contributed by atoms with E-state index >= 15 is 0 Å². The zero-order valence-corrected chi connectivity index (χ0v) is 20.3. The molecule has 0 spiro atoms. The standard InChI is InChI=1S/C24H24BrN5O2S/c25-19-13-27-30-22(11-20(28-24(19)30)18-5-1-2-6-21(18)31)26-12-17-4-3-8-29(14-17)23(32)10-16-7-9-33-15-16/h1-2,5-7,9,11,13,15,17,26,31H,3-4,8,10,12,14H2. The van der Waals surface area contributed by atoms with Crippen molar-refractivity contribution < 1.29 is 9.90 Å².